The molecule has 1 unspecified atom stereocenters. The van der Waals surface area contributed by atoms with Crippen LogP contribution in [0.15, 0.2) is 22.7 Å². The predicted octanol–water partition coefficient (Wildman–Crippen LogP) is 2.00. The molecule has 1 aliphatic rings. The van der Waals surface area contributed by atoms with Crippen LogP contribution in [-0.4, -0.2) is 27.0 Å². The second kappa shape index (κ2) is 4.30. The molecule has 0 spiro atoms. The zero-order chi connectivity index (χ0) is 12.5. The van der Waals surface area contributed by atoms with E-state index >= 15 is 0 Å². The average Bonchev–Trinajstić information content (AvgIpc) is 3.01. The Morgan fingerprint density at radius 1 is 1.22 bits per heavy atom. The van der Waals surface area contributed by atoms with Crippen molar-refractivity contribution in [3.05, 3.63) is 24.0 Å². The van der Waals surface area contributed by atoms with Gasteiger partial charge in [-0.05, 0) is 31.0 Å². The van der Waals surface area contributed by atoms with Gasteiger partial charge in [-0.2, -0.15) is 4.98 Å². The summed E-state index contributed by atoms with van der Waals surface area (Å²) in [5.41, 5.74) is 0.557. The maximum atomic E-state index is 9.42. The summed E-state index contributed by atoms with van der Waals surface area (Å²) in [6.45, 7) is 0.717. The zero-order valence-corrected chi connectivity index (χ0v) is 9.54. The maximum Gasteiger partial charge on any atom is 0.258 e. The highest BCUT2D eigenvalue weighted by Crippen LogP contribution is 2.31. The van der Waals surface area contributed by atoms with E-state index in [0.29, 0.717) is 23.9 Å². The van der Waals surface area contributed by atoms with E-state index in [4.69, 9.17) is 9.26 Å². The quantitative estimate of drug-likeness (QED) is 0.790. The van der Waals surface area contributed by atoms with Crippen molar-refractivity contribution in [3.63, 3.8) is 0 Å². The highest BCUT2D eigenvalue weighted by molar-refractivity contribution is 5.58. The number of ether oxygens (including phenoxy) is 1. The molecule has 18 heavy (non-hydrogen) atoms. The van der Waals surface area contributed by atoms with E-state index in [0.717, 1.165) is 12.8 Å². The first-order valence-corrected chi connectivity index (χ1v) is 5.71. The van der Waals surface area contributed by atoms with Crippen molar-refractivity contribution in [1.29, 1.82) is 0 Å². The Balaban J connectivity index is 1.89. The molecule has 0 aliphatic carbocycles. The van der Waals surface area contributed by atoms with Crippen LogP contribution < -0.4 is 0 Å². The Morgan fingerprint density at radius 3 is 2.83 bits per heavy atom. The maximum absolute atomic E-state index is 9.42. The van der Waals surface area contributed by atoms with E-state index in [2.05, 4.69) is 10.1 Å². The number of aromatic hydroxyl groups is 2. The van der Waals surface area contributed by atoms with Crippen LogP contribution in [0, 0.1) is 0 Å². The number of benzene rings is 1. The van der Waals surface area contributed by atoms with E-state index in [1.807, 2.05) is 0 Å². The number of hydrogen-bond acceptors (Lipinski definition) is 6. The first-order chi connectivity index (χ1) is 8.74. The van der Waals surface area contributed by atoms with Gasteiger partial charge in [0.15, 0.2) is 11.5 Å². The standard InChI is InChI=1S/C12H12N2O4/c15-8-4-3-7(6-9(8)16)12-13-11(14-18-12)10-2-1-5-17-10/h3-4,6,10,15-16H,1-2,5H2. The number of rotatable bonds is 2. The molecule has 2 aromatic rings. The van der Waals surface area contributed by atoms with Crippen LogP contribution in [0.3, 0.4) is 0 Å². The largest absolute Gasteiger partial charge is 0.504 e. The predicted molar refractivity (Wildman–Crippen MR) is 61.0 cm³/mol. The first-order valence-electron chi connectivity index (χ1n) is 5.71. The minimum atomic E-state index is -0.218. The summed E-state index contributed by atoms with van der Waals surface area (Å²) >= 11 is 0. The molecule has 0 amide bonds. The third kappa shape index (κ3) is 1.91. The lowest BCUT2D eigenvalue weighted by atomic mass is 10.2. The lowest BCUT2D eigenvalue weighted by molar-refractivity contribution is 0.103. The van der Waals surface area contributed by atoms with Gasteiger partial charge < -0.3 is 19.5 Å². The van der Waals surface area contributed by atoms with E-state index in [1.165, 1.54) is 12.1 Å². The molecule has 1 aliphatic heterocycles. The van der Waals surface area contributed by atoms with Gasteiger partial charge in [0, 0.05) is 12.2 Å². The molecule has 6 heteroatoms. The molecule has 0 radical (unpaired) electrons. The molecular weight excluding hydrogens is 236 g/mol. The Kier molecular flexibility index (Phi) is 2.64. The Morgan fingerprint density at radius 2 is 2.11 bits per heavy atom. The molecule has 1 saturated heterocycles. The van der Waals surface area contributed by atoms with Crippen LogP contribution in [0.4, 0.5) is 0 Å². The van der Waals surface area contributed by atoms with Crippen molar-refractivity contribution in [3.8, 4) is 23.0 Å². The Bertz CT molecular complexity index is 561. The van der Waals surface area contributed by atoms with Gasteiger partial charge in [-0.1, -0.05) is 5.16 Å². The van der Waals surface area contributed by atoms with Crippen molar-refractivity contribution >= 4 is 0 Å². The summed E-state index contributed by atoms with van der Waals surface area (Å²) in [5.74, 6) is 0.424. The molecule has 0 saturated carbocycles. The fourth-order valence-corrected chi connectivity index (χ4v) is 1.92. The van der Waals surface area contributed by atoms with Crippen LogP contribution in [0.1, 0.15) is 24.8 Å². The van der Waals surface area contributed by atoms with Gasteiger partial charge in [-0.3, -0.25) is 0 Å². The molecule has 1 fully saturated rings. The SMILES string of the molecule is Oc1ccc(-c2nc(C3CCCO3)no2)cc1O. The van der Waals surface area contributed by atoms with Gasteiger partial charge in [-0.25, -0.2) is 0 Å². The molecule has 94 valence electrons. The monoisotopic (exact) mass is 248 g/mol. The molecule has 1 atom stereocenters. The van der Waals surface area contributed by atoms with Gasteiger partial charge in [-0.15, -0.1) is 0 Å². The minimum Gasteiger partial charge on any atom is -0.504 e. The third-order valence-electron chi connectivity index (χ3n) is 2.88. The highest BCUT2D eigenvalue weighted by atomic mass is 16.5. The Hall–Kier alpha value is -2.08. The van der Waals surface area contributed by atoms with Gasteiger partial charge in [0.25, 0.3) is 5.89 Å². The number of phenolic OH excluding ortho intramolecular Hbond substituents is 2. The fourth-order valence-electron chi connectivity index (χ4n) is 1.92. The summed E-state index contributed by atoms with van der Waals surface area (Å²) < 4.78 is 10.6. The summed E-state index contributed by atoms with van der Waals surface area (Å²) in [6, 6.07) is 4.35. The second-order valence-corrected chi connectivity index (χ2v) is 4.16. The molecule has 3 rings (SSSR count). The Labute approximate surface area is 103 Å². The van der Waals surface area contributed by atoms with Gasteiger partial charge in [0.2, 0.25) is 5.82 Å². The molecule has 2 N–H and O–H groups in total. The topological polar surface area (TPSA) is 88.6 Å². The number of nitrogens with zero attached hydrogens (tertiary/aromatic N) is 2. The summed E-state index contributed by atoms with van der Waals surface area (Å²) in [7, 11) is 0. The lowest BCUT2D eigenvalue weighted by Gasteiger charge is -2.01. The van der Waals surface area contributed by atoms with Gasteiger partial charge >= 0.3 is 0 Å². The molecular formula is C12H12N2O4. The summed E-state index contributed by atoms with van der Waals surface area (Å²) in [5, 5.41) is 22.5. The number of phenols is 2. The summed E-state index contributed by atoms with van der Waals surface area (Å²) in [6.07, 6.45) is 1.78. The van der Waals surface area contributed by atoms with Crippen molar-refractivity contribution in [1.82, 2.24) is 10.1 Å². The van der Waals surface area contributed by atoms with Crippen LogP contribution in [0.25, 0.3) is 11.5 Å². The van der Waals surface area contributed by atoms with Gasteiger partial charge in [0.1, 0.15) is 6.10 Å². The molecule has 2 heterocycles. The molecule has 1 aromatic heterocycles. The molecule has 6 nitrogen and oxygen atoms in total. The van der Waals surface area contributed by atoms with E-state index in [1.54, 1.807) is 6.07 Å². The van der Waals surface area contributed by atoms with Crippen LogP contribution in [0.2, 0.25) is 0 Å². The third-order valence-corrected chi connectivity index (χ3v) is 2.88. The molecule has 1 aromatic carbocycles. The van der Waals surface area contributed by atoms with E-state index in [-0.39, 0.29) is 17.6 Å². The van der Waals surface area contributed by atoms with Crippen LogP contribution >= 0.6 is 0 Å². The van der Waals surface area contributed by atoms with Crippen molar-refractivity contribution in [2.45, 2.75) is 18.9 Å². The minimum absolute atomic E-state index is 0.104. The van der Waals surface area contributed by atoms with E-state index < -0.39 is 0 Å². The highest BCUT2D eigenvalue weighted by Gasteiger charge is 2.23. The lowest BCUT2D eigenvalue weighted by Crippen LogP contribution is -1.97. The van der Waals surface area contributed by atoms with Crippen LogP contribution in [0.5, 0.6) is 11.5 Å². The first kappa shape index (κ1) is 11.0. The smallest absolute Gasteiger partial charge is 0.258 e. The zero-order valence-electron chi connectivity index (χ0n) is 9.54. The normalized spacial score (nSPS) is 19.2. The number of aromatic nitrogens is 2. The summed E-state index contributed by atoms with van der Waals surface area (Å²) in [4.78, 5) is 4.24. The van der Waals surface area contributed by atoms with Crippen LogP contribution in [-0.2, 0) is 4.74 Å². The van der Waals surface area contributed by atoms with Crippen molar-refractivity contribution < 1.29 is 19.5 Å². The average molecular weight is 248 g/mol. The second-order valence-electron chi connectivity index (χ2n) is 4.16. The van der Waals surface area contributed by atoms with Crippen molar-refractivity contribution in [2.24, 2.45) is 0 Å². The molecule has 0 bridgehead atoms. The van der Waals surface area contributed by atoms with Crippen molar-refractivity contribution in [2.75, 3.05) is 6.61 Å². The fraction of sp³-hybridized carbons (Fsp3) is 0.333. The van der Waals surface area contributed by atoms with E-state index in [9.17, 15) is 10.2 Å². The van der Waals surface area contributed by atoms with Gasteiger partial charge in [0.05, 0.1) is 0 Å². The number of hydrogen-bond donors (Lipinski definition) is 2.